The van der Waals surface area contributed by atoms with Crippen molar-refractivity contribution in [1.82, 2.24) is 5.32 Å². The van der Waals surface area contributed by atoms with Crippen LogP contribution in [0.2, 0.25) is 0 Å². The summed E-state index contributed by atoms with van der Waals surface area (Å²) < 4.78 is 5.36. The van der Waals surface area contributed by atoms with Crippen molar-refractivity contribution in [1.29, 1.82) is 0 Å². The van der Waals surface area contributed by atoms with Gasteiger partial charge in [0, 0.05) is 13.0 Å². The molecular weight excluding hydrogens is 262 g/mol. The molecule has 0 heterocycles. The third kappa shape index (κ3) is 5.71. The van der Waals surface area contributed by atoms with E-state index in [2.05, 4.69) is 5.32 Å². The Bertz CT molecular complexity index is 461. The highest BCUT2D eigenvalue weighted by atomic mass is 16.5. The summed E-state index contributed by atoms with van der Waals surface area (Å²) in [5.41, 5.74) is 0.887. The van der Waals surface area contributed by atoms with Crippen LogP contribution in [0, 0.1) is 0 Å². The van der Waals surface area contributed by atoms with Gasteiger partial charge in [0.05, 0.1) is 6.61 Å². The highest BCUT2D eigenvalue weighted by molar-refractivity contribution is 5.75. The van der Waals surface area contributed by atoms with Crippen LogP contribution in [-0.4, -0.2) is 34.8 Å². The van der Waals surface area contributed by atoms with E-state index in [1.807, 2.05) is 31.2 Å². The first-order chi connectivity index (χ1) is 9.52. The fraction of sp³-hybridized carbons (Fsp3) is 0.429. The molecule has 0 aliphatic rings. The second kappa shape index (κ2) is 8.16. The standard InChI is InChI=1S/C14H19NO5/c1-2-20-11-5-3-4-10(8-11)9-15-12(14(18)19)6-7-13(16)17/h3-5,8,12,15H,2,6-7,9H2,1H3,(H,16,17)(H,18,19). The number of rotatable bonds is 9. The van der Waals surface area contributed by atoms with Crippen LogP contribution in [0.3, 0.4) is 0 Å². The van der Waals surface area contributed by atoms with E-state index in [0.717, 1.165) is 11.3 Å². The summed E-state index contributed by atoms with van der Waals surface area (Å²) in [5.74, 6) is -1.33. The van der Waals surface area contributed by atoms with Gasteiger partial charge in [-0.2, -0.15) is 0 Å². The van der Waals surface area contributed by atoms with Gasteiger partial charge in [0.25, 0.3) is 0 Å². The number of carboxylic acid groups (broad SMARTS) is 2. The van der Waals surface area contributed by atoms with Crippen LogP contribution in [0.25, 0.3) is 0 Å². The Morgan fingerprint density at radius 2 is 2.10 bits per heavy atom. The maximum Gasteiger partial charge on any atom is 0.320 e. The van der Waals surface area contributed by atoms with E-state index in [9.17, 15) is 9.59 Å². The SMILES string of the molecule is CCOc1cccc(CNC(CCC(=O)O)C(=O)O)c1. The van der Waals surface area contributed by atoms with Gasteiger partial charge < -0.3 is 20.3 Å². The second-order valence-corrected chi connectivity index (χ2v) is 4.28. The average Bonchev–Trinajstić information content (AvgIpc) is 2.38. The van der Waals surface area contributed by atoms with E-state index in [-0.39, 0.29) is 12.8 Å². The zero-order chi connectivity index (χ0) is 15.0. The van der Waals surface area contributed by atoms with Gasteiger partial charge in [0.1, 0.15) is 11.8 Å². The fourth-order valence-electron chi connectivity index (χ4n) is 1.73. The maximum absolute atomic E-state index is 11.0. The van der Waals surface area contributed by atoms with Gasteiger partial charge in [0.2, 0.25) is 0 Å². The van der Waals surface area contributed by atoms with Crippen molar-refractivity contribution >= 4 is 11.9 Å². The molecule has 0 radical (unpaired) electrons. The summed E-state index contributed by atoms with van der Waals surface area (Å²) in [6.07, 6.45) is -0.126. The lowest BCUT2D eigenvalue weighted by atomic mass is 10.1. The Labute approximate surface area is 117 Å². The quantitative estimate of drug-likeness (QED) is 0.634. The van der Waals surface area contributed by atoms with Crippen molar-refractivity contribution in [3.05, 3.63) is 29.8 Å². The van der Waals surface area contributed by atoms with E-state index in [1.54, 1.807) is 0 Å². The normalized spacial score (nSPS) is 11.8. The van der Waals surface area contributed by atoms with Crippen LogP contribution >= 0.6 is 0 Å². The van der Waals surface area contributed by atoms with Gasteiger partial charge >= 0.3 is 11.9 Å². The number of hydrogen-bond donors (Lipinski definition) is 3. The molecule has 1 unspecified atom stereocenters. The number of ether oxygens (including phenoxy) is 1. The number of nitrogens with one attached hydrogen (secondary N) is 1. The van der Waals surface area contributed by atoms with Crippen LogP contribution in [-0.2, 0) is 16.1 Å². The Morgan fingerprint density at radius 1 is 1.35 bits per heavy atom. The van der Waals surface area contributed by atoms with E-state index in [4.69, 9.17) is 14.9 Å². The van der Waals surface area contributed by atoms with Crippen molar-refractivity contribution in [2.24, 2.45) is 0 Å². The smallest absolute Gasteiger partial charge is 0.320 e. The maximum atomic E-state index is 11.0. The Balaban J connectivity index is 2.55. The van der Waals surface area contributed by atoms with Gasteiger partial charge in [-0.05, 0) is 31.0 Å². The van der Waals surface area contributed by atoms with Crippen molar-refractivity contribution in [2.75, 3.05) is 6.61 Å². The Morgan fingerprint density at radius 3 is 2.70 bits per heavy atom. The summed E-state index contributed by atoms with van der Waals surface area (Å²) in [4.78, 5) is 21.5. The third-order valence-corrected chi connectivity index (χ3v) is 2.71. The topological polar surface area (TPSA) is 95.9 Å². The molecule has 0 amide bonds. The van der Waals surface area contributed by atoms with Crippen LogP contribution in [0.4, 0.5) is 0 Å². The zero-order valence-electron chi connectivity index (χ0n) is 11.3. The molecule has 1 aromatic rings. The molecular formula is C14H19NO5. The van der Waals surface area contributed by atoms with Gasteiger partial charge in [-0.3, -0.25) is 9.59 Å². The van der Waals surface area contributed by atoms with Crippen molar-refractivity contribution in [2.45, 2.75) is 32.4 Å². The van der Waals surface area contributed by atoms with E-state index >= 15 is 0 Å². The van der Waals surface area contributed by atoms with E-state index in [1.165, 1.54) is 0 Å². The first-order valence-electron chi connectivity index (χ1n) is 6.42. The zero-order valence-corrected chi connectivity index (χ0v) is 11.3. The molecule has 6 nitrogen and oxygen atoms in total. The summed E-state index contributed by atoms with van der Waals surface area (Å²) in [7, 11) is 0. The summed E-state index contributed by atoms with van der Waals surface area (Å²) in [5, 5.41) is 20.5. The molecule has 0 fully saturated rings. The molecule has 20 heavy (non-hydrogen) atoms. The second-order valence-electron chi connectivity index (χ2n) is 4.28. The van der Waals surface area contributed by atoms with Crippen molar-refractivity contribution in [3.8, 4) is 5.75 Å². The molecule has 0 aliphatic carbocycles. The molecule has 1 aromatic carbocycles. The minimum Gasteiger partial charge on any atom is -0.494 e. The van der Waals surface area contributed by atoms with Gasteiger partial charge in [0.15, 0.2) is 0 Å². The lowest BCUT2D eigenvalue weighted by Gasteiger charge is -2.14. The molecule has 0 spiro atoms. The highest BCUT2D eigenvalue weighted by Crippen LogP contribution is 2.13. The minimum absolute atomic E-state index is 0.0514. The van der Waals surface area contributed by atoms with Crippen LogP contribution in [0.1, 0.15) is 25.3 Å². The molecule has 1 rings (SSSR count). The molecule has 0 saturated heterocycles. The van der Waals surface area contributed by atoms with Crippen LogP contribution in [0.15, 0.2) is 24.3 Å². The molecule has 0 aromatic heterocycles. The Kier molecular flexibility index (Phi) is 6.52. The van der Waals surface area contributed by atoms with Crippen molar-refractivity contribution in [3.63, 3.8) is 0 Å². The molecule has 0 saturated carbocycles. The number of hydrogen-bond acceptors (Lipinski definition) is 4. The molecule has 6 heteroatoms. The van der Waals surface area contributed by atoms with Crippen LogP contribution < -0.4 is 10.1 Å². The molecule has 110 valence electrons. The van der Waals surface area contributed by atoms with E-state index in [0.29, 0.717) is 13.2 Å². The van der Waals surface area contributed by atoms with Crippen molar-refractivity contribution < 1.29 is 24.5 Å². The lowest BCUT2D eigenvalue weighted by molar-refractivity contribution is -0.140. The summed E-state index contributed by atoms with van der Waals surface area (Å²) in [6.45, 7) is 2.79. The summed E-state index contributed by atoms with van der Waals surface area (Å²) >= 11 is 0. The van der Waals surface area contributed by atoms with Crippen LogP contribution in [0.5, 0.6) is 5.75 Å². The first-order valence-corrected chi connectivity index (χ1v) is 6.42. The third-order valence-electron chi connectivity index (χ3n) is 2.71. The number of carboxylic acids is 2. The highest BCUT2D eigenvalue weighted by Gasteiger charge is 2.17. The minimum atomic E-state index is -1.05. The lowest BCUT2D eigenvalue weighted by Crippen LogP contribution is -2.36. The molecule has 0 bridgehead atoms. The number of carbonyl (C=O) groups is 2. The predicted octanol–water partition coefficient (Wildman–Crippen LogP) is 1.49. The molecule has 3 N–H and O–H groups in total. The predicted molar refractivity (Wildman–Crippen MR) is 72.7 cm³/mol. The number of aliphatic carboxylic acids is 2. The average molecular weight is 281 g/mol. The molecule has 1 atom stereocenters. The fourth-order valence-corrected chi connectivity index (χ4v) is 1.73. The first kappa shape index (κ1) is 16.0. The van der Waals surface area contributed by atoms with E-state index < -0.39 is 18.0 Å². The van der Waals surface area contributed by atoms with Gasteiger partial charge in [-0.25, -0.2) is 0 Å². The number of benzene rings is 1. The largest absolute Gasteiger partial charge is 0.494 e. The monoisotopic (exact) mass is 281 g/mol. The molecule has 0 aliphatic heterocycles. The van der Waals surface area contributed by atoms with Gasteiger partial charge in [-0.1, -0.05) is 12.1 Å². The van der Waals surface area contributed by atoms with Gasteiger partial charge in [-0.15, -0.1) is 0 Å². The Hall–Kier alpha value is -2.08. The summed E-state index contributed by atoms with van der Waals surface area (Å²) in [6, 6.07) is 6.46.